The summed E-state index contributed by atoms with van der Waals surface area (Å²) in [5, 5.41) is 3.50. The van der Waals surface area contributed by atoms with E-state index >= 15 is 0 Å². The predicted octanol–water partition coefficient (Wildman–Crippen LogP) is 0.622. The summed E-state index contributed by atoms with van der Waals surface area (Å²) in [5.41, 5.74) is 0. The largest absolute Gasteiger partial charge is 0.381 e. The van der Waals surface area contributed by atoms with Crippen LogP contribution in [0.2, 0.25) is 0 Å². The first kappa shape index (κ1) is 11.9. The molecule has 2 rings (SSSR count). The van der Waals surface area contributed by atoms with Crippen LogP contribution in [0.3, 0.4) is 0 Å². The van der Waals surface area contributed by atoms with Crippen molar-refractivity contribution in [2.45, 2.75) is 38.8 Å². The van der Waals surface area contributed by atoms with Gasteiger partial charge in [-0.05, 0) is 26.2 Å². The third kappa shape index (κ3) is 2.74. The summed E-state index contributed by atoms with van der Waals surface area (Å²) >= 11 is 0. The molecule has 2 aliphatic heterocycles. The summed E-state index contributed by atoms with van der Waals surface area (Å²) in [4.78, 5) is 13.6. The first-order chi connectivity index (χ1) is 7.66. The molecule has 2 fully saturated rings. The predicted molar refractivity (Wildman–Crippen MR) is 62.2 cm³/mol. The number of carbonyl (C=O) groups excluding carboxylic acids is 1. The molecule has 2 aliphatic rings. The van der Waals surface area contributed by atoms with Crippen LogP contribution >= 0.6 is 0 Å². The molecule has 1 amide bonds. The Balaban J connectivity index is 1.73. The molecule has 0 aromatic rings. The molecule has 0 aliphatic carbocycles. The zero-order chi connectivity index (χ0) is 11.5. The van der Waals surface area contributed by atoms with Gasteiger partial charge in [-0.15, -0.1) is 0 Å². The highest BCUT2D eigenvalue weighted by Gasteiger charge is 2.31. The van der Waals surface area contributed by atoms with Crippen molar-refractivity contribution in [1.82, 2.24) is 10.2 Å². The van der Waals surface area contributed by atoms with Crippen molar-refractivity contribution in [2.24, 2.45) is 5.92 Å². The van der Waals surface area contributed by atoms with Crippen molar-refractivity contribution in [1.29, 1.82) is 0 Å². The molecule has 2 heterocycles. The fourth-order valence-electron chi connectivity index (χ4n) is 2.45. The number of amides is 1. The van der Waals surface area contributed by atoms with Gasteiger partial charge in [0, 0.05) is 38.2 Å². The Morgan fingerprint density at radius 1 is 1.56 bits per heavy atom. The van der Waals surface area contributed by atoms with Crippen LogP contribution in [0, 0.1) is 5.92 Å². The Hall–Kier alpha value is -0.610. The summed E-state index contributed by atoms with van der Waals surface area (Å²) in [5.74, 6) is 0.929. The standard InChI is InChI=1S/C12H22N2O2/c1-9(2)14-7-11(5-12(14)15)13-6-10-3-4-16-8-10/h9-11,13H,3-8H2,1-2H3. The Labute approximate surface area is 97.3 Å². The summed E-state index contributed by atoms with van der Waals surface area (Å²) in [6, 6.07) is 0.671. The molecule has 92 valence electrons. The van der Waals surface area contributed by atoms with Crippen LogP contribution in [0.5, 0.6) is 0 Å². The van der Waals surface area contributed by atoms with Crippen LogP contribution in [0.4, 0.5) is 0 Å². The highest BCUT2D eigenvalue weighted by atomic mass is 16.5. The van der Waals surface area contributed by atoms with E-state index in [2.05, 4.69) is 19.2 Å². The monoisotopic (exact) mass is 226 g/mol. The maximum atomic E-state index is 11.7. The lowest BCUT2D eigenvalue weighted by Gasteiger charge is -2.21. The highest BCUT2D eigenvalue weighted by molar-refractivity contribution is 5.79. The second-order valence-corrected chi connectivity index (χ2v) is 5.18. The third-order valence-corrected chi connectivity index (χ3v) is 3.50. The molecule has 2 unspecified atom stereocenters. The van der Waals surface area contributed by atoms with Gasteiger partial charge in [0.05, 0.1) is 6.61 Å². The molecule has 2 atom stereocenters. The summed E-state index contributed by atoms with van der Waals surface area (Å²) < 4.78 is 5.34. The first-order valence-electron chi connectivity index (χ1n) is 6.27. The van der Waals surface area contributed by atoms with Crippen molar-refractivity contribution in [3.63, 3.8) is 0 Å². The van der Waals surface area contributed by atoms with Crippen LogP contribution in [0.1, 0.15) is 26.7 Å². The van der Waals surface area contributed by atoms with E-state index < -0.39 is 0 Å². The van der Waals surface area contributed by atoms with E-state index in [1.807, 2.05) is 4.90 Å². The van der Waals surface area contributed by atoms with Gasteiger partial charge in [-0.3, -0.25) is 4.79 Å². The second kappa shape index (κ2) is 5.15. The summed E-state index contributed by atoms with van der Waals surface area (Å²) in [7, 11) is 0. The molecule has 1 N–H and O–H groups in total. The zero-order valence-corrected chi connectivity index (χ0v) is 10.2. The minimum Gasteiger partial charge on any atom is -0.381 e. The van der Waals surface area contributed by atoms with Gasteiger partial charge in [-0.25, -0.2) is 0 Å². The topological polar surface area (TPSA) is 41.6 Å². The van der Waals surface area contributed by atoms with E-state index in [9.17, 15) is 4.79 Å². The van der Waals surface area contributed by atoms with Crippen molar-refractivity contribution < 1.29 is 9.53 Å². The van der Waals surface area contributed by atoms with Gasteiger partial charge >= 0.3 is 0 Å². The van der Waals surface area contributed by atoms with Gasteiger partial charge in [0.15, 0.2) is 0 Å². The molecule has 0 spiro atoms. The van der Waals surface area contributed by atoms with E-state index in [1.165, 1.54) is 0 Å². The van der Waals surface area contributed by atoms with Crippen molar-refractivity contribution >= 4 is 5.91 Å². The van der Waals surface area contributed by atoms with Crippen molar-refractivity contribution in [2.75, 3.05) is 26.3 Å². The lowest BCUT2D eigenvalue weighted by molar-refractivity contribution is -0.129. The van der Waals surface area contributed by atoms with Gasteiger partial charge in [-0.2, -0.15) is 0 Å². The second-order valence-electron chi connectivity index (χ2n) is 5.18. The lowest BCUT2D eigenvalue weighted by Crippen LogP contribution is -2.38. The van der Waals surface area contributed by atoms with Crippen LogP contribution < -0.4 is 5.32 Å². The average molecular weight is 226 g/mol. The number of hydrogen-bond acceptors (Lipinski definition) is 3. The van der Waals surface area contributed by atoms with Gasteiger partial charge in [-0.1, -0.05) is 0 Å². The molecular weight excluding hydrogens is 204 g/mol. The van der Waals surface area contributed by atoms with Crippen molar-refractivity contribution in [3.8, 4) is 0 Å². The number of hydrogen-bond donors (Lipinski definition) is 1. The zero-order valence-electron chi connectivity index (χ0n) is 10.2. The first-order valence-corrected chi connectivity index (χ1v) is 6.27. The summed E-state index contributed by atoms with van der Waals surface area (Å²) in [6.45, 7) is 7.78. The van der Waals surface area contributed by atoms with Crippen molar-refractivity contribution in [3.05, 3.63) is 0 Å². The average Bonchev–Trinajstić information content (AvgIpc) is 2.83. The Bertz CT molecular complexity index is 249. The molecule has 0 saturated carbocycles. The SMILES string of the molecule is CC(C)N1CC(NCC2CCOC2)CC1=O. The van der Waals surface area contributed by atoms with Gasteiger partial charge < -0.3 is 15.0 Å². The molecule has 0 aromatic heterocycles. The van der Waals surface area contributed by atoms with Crippen LogP contribution in [0.25, 0.3) is 0 Å². The molecular formula is C12H22N2O2. The third-order valence-electron chi connectivity index (χ3n) is 3.50. The maximum Gasteiger partial charge on any atom is 0.224 e. The number of nitrogens with one attached hydrogen (secondary N) is 1. The Morgan fingerprint density at radius 3 is 2.94 bits per heavy atom. The number of likely N-dealkylation sites (tertiary alicyclic amines) is 1. The van der Waals surface area contributed by atoms with E-state index in [-0.39, 0.29) is 5.91 Å². The van der Waals surface area contributed by atoms with E-state index in [4.69, 9.17) is 4.74 Å². The fourth-order valence-corrected chi connectivity index (χ4v) is 2.45. The number of carbonyl (C=O) groups is 1. The van der Waals surface area contributed by atoms with Crippen LogP contribution in [-0.4, -0.2) is 49.2 Å². The maximum absolute atomic E-state index is 11.7. The van der Waals surface area contributed by atoms with E-state index in [0.717, 1.165) is 32.7 Å². The number of ether oxygens (including phenoxy) is 1. The van der Waals surface area contributed by atoms with Crippen LogP contribution in [0.15, 0.2) is 0 Å². The molecule has 16 heavy (non-hydrogen) atoms. The van der Waals surface area contributed by atoms with E-state index in [0.29, 0.717) is 24.4 Å². The number of rotatable bonds is 4. The minimum absolute atomic E-state index is 0.287. The highest BCUT2D eigenvalue weighted by Crippen LogP contribution is 2.16. The molecule has 0 aromatic carbocycles. The minimum atomic E-state index is 0.287. The molecule has 0 bridgehead atoms. The van der Waals surface area contributed by atoms with Gasteiger partial charge in [0.2, 0.25) is 5.91 Å². The molecule has 4 nitrogen and oxygen atoms in total. The van der Waals surface area contributed by atoms with E-state index in [1.54, 1.807) is 0 Å². The Morgan fingerprint density at radius 2 is 2.38 bits per heavy atom. The van der Waals surface area contributed by atoms with Crippen LogP contribution in [-0.2, 0) is 9.53 Å². The fraction of sp³-hybridized carbons (Fsp3) is 0.917. The quantitative estimate of drug-likeness (QED) is 0.764. The molecule has 4 heteroatoms. The lowest BCUT2D eigenvalue weighted by atomic mass is 10.1. The number of nitrogens with zero attached hydrogens (tertiary/aromatic N) is 1. The Kier molecular flexibility index (Phi) is 3.82. The normalized spacial score (nSPS) is 30.7. The van der Waals surface area contributed by atoms with Gasteiger partial charge in [0.1, 0.15) is 0 Å². The summed E-state index contributed by atoms with van der Waals surface area (Å²) in [6.07, 6.45) is 1.81. The van der Waals surface area contributed by atoms with Gasteiger partial charge in [0.25, 0.3) is 0 Å². The smallest absolute Gasteiger partial charge is 0.224 e. The molecule has 0 radical (unpaired) electrons. The molecule has 2 saturated heterocycles.